The number of amides is 1. The first-order valence-corrected chi connectivity index (χ1v) is 6.17. The number of imidazole rings is 1. The van der Waals surface area contributed by atoms with Gasteiger partial charge in [0, 0.05) is 43.4 Å². The van der Waals surface area contributed by atoms with Gasteiger partial charge in [0.05, 0.1) is 18.4 Å². The van der Waals surface area contributed by atoms with Crippen LogP contribution in [0.1, 0.15) is 15.9 Å². The molecule has 0 aliphatic rings. The molecular weight excluding hydrogens is 254 g/mol. The Hall–Kier alpha value is -2.65. The van der Waals surface area contributed by atoms with Gasteiger partial charge in [0.25, 0.3) is 5.91 Å². The van der Waals surface area contributed by atoms with Gasteiger partial charge in [-0.25, -0.2) is 4.98 Å². The molecule has 0 atom stereocenters. The lowest BCUT2D eigenvalue weighted by atomic mass is 10.2. The fourth-order valence-electron chi connectivity index (χ4n) is 1.61. The molecule has 1 amide bonds. The summed E-state index contributed by atoms with van der Waals surface area (Å²) in [6.07, 6.45) is 8.36. The van der Waals surface area contributed by atoms with Crippen molar-refractivity contribution in [2.24, 2.45) is 5.73 Å². The third-order valence-corrected chi connectivity index (χ3v) is 2.55. The molecule has 0 fully saturated rings. The number of nitrogens with two attached hydrogens (primary N) is 1. The van der Waals surface area contributed by atoms with E-state index in [1.54, 1.807) is 24.8 Å². The fourth-order valence-corrected chi connectivity index (χ4v) is 1.61. The van der Waals surface area contributed by atoms with Crippen molar-refractivity contribution < 1.29 is 4.79 Å². The molecule has 6 nitrogen and oxygen atoms in total. The van der Waals surface area contributed by atoms with Crippen LogP contribution in [0.25, 0.3) is 0 Å². The van der Waals surface area contributed by atoms with Gasteiger partial charge in [-0.1, -0.05) is 11.8 Å². The van der Waals surface area contributed by atoms with E-state index in [4.69, 9.17) is 5.73 Å². The molecular formula is C14H15N5O. The van der Waals surface area contributed by atoms with Crippen molar-refractivity contribution in [3.63, 3.8) is 0 Å². The van der Waals surface area contributed by atoms with Gasteiger partial charge in [-0.3, -0.25) is 9.78 Å². The molecule has 2 heterocycles. The molecule has 0 unspecified atom stereocenters. The summed E-state index contributed by atoms with van der Waals surface area (Å²) in [6, 6.07) is 1.70. The number of rotatable bonds is 4. The third kappa shape index (κ3) is 3.93. The molecule has 6 heteroatoms. The molecule has 0 radical (unpaired) electrons. The number of nitrogens with zero attached hydrogens (tertiary/aromatic N) is 3. The topological polar surface area (TPSA) is 85.8 Å². The number of carbonyl (C=O) groups is 1. The van der Waals surface area contributed by atoms with Crippen LogP contribution >= 0.6 is 0 Å². The Balaban J connectivity index is 1.91. The Morgan fingerprint density at radius 1 is 1.40 bits per heavy atom. The largest absolute Gasteiger partial charge is 0.350 e. The van der Waals surface area contributed by atoms with E-state index in [1.807, 2.05) is 10.8 Å². The van der Waals surface area contributed by atoms with Crippen molar-refractivity contribution in [1.29, 1.82) is 0 Å². The van der Waals surface area contributed by atoms with Crippen LogP contribution in [0.15, 0.2) is 37.2 Å². The lowest BCUT2D eigenvalue weighted by Crippen LogP contribution is -2.27. The van der Waals surface area contributed by atoms with E-state index in [9.17, 15) is 4.79 Å². The number of carbonyl (C=O) groups excluding carboxylic acids is 1. The van der Waals surface area contributed by atoms with Gasteiger partial charge in [0.2, 0.25) is 0 Å². The molecule has 102 valence electrons. The maximum atomic E-state index is 12.0. The minimum absolute atomic E-state index is 0.172. The van der Waals surface area contributed by atoms with Crippen LogP contribution in [0, 0.1) is 11.8 Å². The number of pyridine rings is 1. The highest BCUT2D eigenvalue weighted by Crippen LogP contribution is 2.01. The highest BCUT2D eigenvalue weighted by molar-refractivity contribution is 5.94. The molecule has 2 aromatic rings. The van der Waals surface area contributed by atoms with E-state index < -0.39 is 0 Å². The molecule has 0 aromatic carbocycles. The van der Waals surface area contributed by atoms with Crippen LogP contribution in [-0.2, 0) is 6.54 Å². The molecule has 0 bridgehead atoms. The molecule has 2 aromatic heterocycles. The van der Waals surface area contributed by atoms with Crippen molar-refractivity contribution in [2.45, 2.75) is 6.54 Å². The van der Waals surface area contributed by atoms with Crippen LogP contribution < -0.4 is 11.1 Å². The zero-order valence-electron chi connectivity index (χ0n) is 10.9. The van der Waals surface area contributed by atoms with E-state index in [0.29, 0.717) is 24.2 Å². The van der Waals surface area contributed by atoms with Crippen molar-refractivity contribution in [3.05, 3.63) is 48.3 Å². The summed E-state index contributed by atoms with van der Waals surface area (Å²) < 4.78 is 1.89. The second kappa shape index (κ2) is 7.07. The molecule has 0 aliphatic heterocycles. The Bertz CT molecular complexity index is 625. The van der Waals surface area contributed by atoms with Gasteiger partial charge in [-0.2, -0.15) is 0 Å². The van der Waals surface area contributed by atoms with Gasteiger partial charge in [0.1, 0.15) is 0 Å². The highest BCUT2D eigenvalue weighted by Gasteiger charge is 2.05. The van der Waals surface area contributed by atoms with Crippen LogP contribution in [0.4, 0.5) is 0 Å². The van der Waals surface area contributed by atoms with Crippen LogP contribution in [0.3, 0.4) is 0 Å². The van der Waals surface area contributed by atoms with Crippen molar-refractivity contribution in [3.8, 4) is 11.8 Å². The predicted octanol–water partition coefficient (Wildman–Crippen LogP) is 0.0183. The van der Waals surface area contributed by atoms with Crippen LogP contribution in [0.2, 0.25) is 0 Å². The van der Waals surface area contributed by atoms with Gasteiger partial charge in [-0.05, 0) is 6.07 Å². The van der Waals surface area contributed by atoms with E-state index in [0.717, 1.165) is 0 Å². The summed E-state index contributed by atoms with van der Waals surface area (Å²) in [5.74, 6) is 5.40. The van der Waals surface area contributed by atoms with Crippen LogP contribution in [0.5, 0.6) is 0 Å². The fraction of sp³-hybridized carbons (Fsp3) is 0.214. The number of hydrogen-bond donors (Lipinski definition) is 2. The third-order valence-electron chi connectivity index (χ3n) is 2.55. The monoisotopic (exact) mass is 269 g/mol. The Labute approximate surface area is 117 Å². The summed E-state index contributed by atoms with van der Waals surface area (Å²) in [5.41, 5.74) is 6.47. The maximum absolute atomic E-state index is 12.0. The second-order valence-electron chi connectivity index (χ2n) is 4.02. The predicted molar refractivity (Wildman–Crippen MR) is 74.7 cm³/mol. The van der Waals surface area contributed by atoms with Crippen LogP contribution in [-0.4, -0.2) is 33.5 Å². The average Bonchev–Trinajstić information content (AvgIpc) is 2.98. The minimum atomic E-state index is -0.172. The Morgan fingerprint density at radius 2 is 2.30 bits per heavy atom. The smallest absolute Gasteiger partial charge is 0.252 e. The molecule has 2 rings (SSSR count). The minimum Gasteiger partial charge on any atom is -0.350 e. The normalized spacial score (nSPS) is 9.65. The van der Waals surface area contributed by atoms with E-state index in [-0.39, 0.29) is 12.5 Å². The zero-order chi connectivity index (χ0) is 14.2. The average molecular weight is 269 g/mol. The number of nitrogens with one attached hydrogen (secondary N) is 1. The van der Waals surface area contributed by atoms with E-state index >= 15 is 0 Å². The Morgan fingerprint density at radius 3 is 3.05 bits per heavy atom. The number of aromatic nitrogens is 3. The van der Waals surface area contributed by atoms with Gasteiger partial charge in [0.15, 0.2) is 0 Å². The van der Waals surface area contributed by atoms with Gasteiger partial charge in [-0.15, -0.1) is 0 Å². The van der Waals surface area contributed by atoms with Crippen molar-refractivity contribution in [2.75, 3.05) is 13.1 Å². The first-order chi connectivity index (χ1) is 9.79. The lowest BCUT2D eigenvalue weighted by Gasteiger charge is -2.05. The van der Waals surface area contributed by atoms with Crippen molar-refractivity contribution in [1.82, 2.24) is 19.9 Å². The standard InChI is InChI=1S/C14H15N5O/c15-3-1-2-12-8-13(10-17-9-12)14(20)18-5-7-19-6-4-16-11-19/h4,6,8-11H,3,5,7,15H2,(H,18,20). The zero-order valence-corrected chi connectivity index (χ0v) is 10.9. The molecule has 0 spiro atoms. The summed E-state index contributed by atoms with van der Waals surface area (Å²) in [5, 5.41) is 2.82. The van der Waals surface area contributed by atoms with Crippen molar-refractivity contribution >= 4 is 5.91 Å². The summed E-state index contributed by atoms with van der Waals surface area (Å²) in [6.45, 7) is 1.47. The lowest BCUT2D eigenvalue weighted by molar-refractivity contribution is 0.0952. The quantitative estimate of drug-likeness (QED) is 0.766. The first kappa shape index (κ1) is 13.8. The molecule has 3 N–H and O–H groups in total. The van der Waals surface area contributed by atoms with Gasteiger partial charge < -0.3 is 15.6 Å². The second-order valence-corrected chi connectivity index (χ2v) is 4.02. The molecule has 0 saturated heterocycles. The SMILES string of the molecule is NCC#Cc1cncc(C(=O)NCCn2ccnc2)c1. The molecule has 0 saturated carbocycles. The molecule has 20 heavy (non-hydrogen) atoms. The highest BCUT2D eigenvalue weighted by atomic mass is 16.1. The summed E-state index contributed by atoms with van der Waals surface area (Å²) >= 11 is 0. The van der Waals surface area contributed by atoms with E-state index in [1.165, 1.54) is 6.20 Å². The summed E-state index contributed by atoms with van der Waals surface area (Å²) in [7, 11) is 0. The molecule has 0 aliphatic carbocycles. The maximum Gasteiger partial charge on any atom is 0.252 e. The summed E-state index contributed by atoms with van der Waals surface area (Å²) in [4.78, 5) is 19.9. The number of hydrogen-bond acceptors (Lipinski definition) is 4. The van der Waals surface area contributed by atoms with Gasteiger partial charge >= 0.3 is 0 Å². The Kier molecular flexibility index (Phi) is 4.87. The first-order valence-electron chi connectivity index (χ1n) is 6.17. The van der Waals surface area contributed by atoms with E-state index in [2.05, 4.69) is 27.1 Å².